The second kappa shape index (κ2) is 14.8. The standard InChI is InChI=1S/C16H19BrN2O.C8H5BrN2.2CH4/c1-2-3-4-5-6-11-14(20)15-16(17)19-13-10-8-7-9-12(13)18-15;9-8-5-10-6-3-1-2-4-7(6)11-8;;/h7-10H,2-6,11H2,1H3;1-5H;2*1H4. The molecule has 5 nitrogen and oxygen atoms in total. The lowest BCUT2D eigenvalue weighted by molar-refractivity contribution is 0.0973. The summed E-state index contributed by atoms with van der Waals surface area (Å²) in [6.07, 6.45) is 7.95. The minimum absolute atomic E-state index is 0. The molecule has 7 heteroatoms. The van der Waals surface area contributed by atoms with Crippen LogP contribution in [-0.2, 0) is 0 Å². The van der Waals surface area contributed by atoms with Gasteiger partial charge >= 0.3 is 0 Å². The predicted octanol–water partition coefficient (Wildman–Crippen LogP) is 8.60. The van der Waals surface area contributed by atoms with Crippen molar-refractivity contribution in [1.29, 1.82) is 0 Å². The largest absolute Gasteiger partial charge is 0.292 e. The summed E-state index contributed by atoms with van der Waals surface area (Å²) in [5, 5.41) is 0. The quantitative estimate of drug-likeness (QED) is 0.163. The van der Waals surface area contributed by atoms with E-state index < -0.39 is 0 Å². The molecule has 0 aliphatic heterocycles. The molecule has 0 aliphatic carbocycles. The van der Waals surface area contributed by atoms with E-state index >= 15 is 0 Å². The summed E-state index contributed by atoms with van der Waals surface area (Å²) in [5.74, 6) is 0.0756. The molecular weight excluding hydrogens is 544 g/mol. The van der Waals surface area contributed by atoms with Gasteiger partial charge in [-0.25, -0.2) is 15.0 Å². The fourth-order valence-corrected chi connectivity index (χ4v) is 3.89. The van der Waals surface area contributed by atoms with Crippen LogP contribution >= 0.6 is 31.9 Å². The molecule has 0 N–H and O–H groups in total. The summed E-state index contributed by atoms with van der Waals surface area (Å²) in [7, 11) is 0. The summed E-state index contributed by atoms with van der Waals surface area (Å²) in [4.78, 5) is 29.4. The van der Waals surface area contributed by atoms with E-state index in [0.717, 1.165) is 39.5 Å². The number of carbonyl (C=O) groups is 1. The average molecular weight is 576 g/mol. The first-order valence-corrected chi connectivity index (χ1v) is 12.0. The van der Waals surface area contributed by atoms with E-state index in [-0.39, 0.29) is 20.6 Å². The second-order valence-corrected chi connectivity index (χ2v) is 8.68. The Morgan fingerprint density at radius 3 is 1.94 bits per heavy atom. The van der Waals surface area contributed by atoms with Crippen LogP contribution in [0.2, 0.25) is 0 Å². The van der Waals surface area contributed by atoms with Gasteiger partial charge in [0.2, 0.25) is 0 Å². The van der Waals surface area contributed by atoms with Crippen LogP contribution in [0.4, 0.5) is 0 Å². The normalized spacial score (nSPS) is 10.0. The Kier molecular flexibility index (Phi) is 12.9. The maximum atomic E-state index is 12.2. The predicted molar refractivity (Wildman–Crippen MR) is 146 cm³/mol. The van der Waals surface area contributed by atoms with Crippen molar-refractivity contribution in [3.8, 4) is 0 Å². The lowest BCUT2D eigenvalue weighted by Gasteiger charge is -2.05. The van der Waals surface area contributed by atoms with E-state index in [4.69, 9.17) is 0 Å². The fraction of sp³-hybridized carbons (Fsp3) is 0.346. The number of unbranched alkanes of at least 4 members (excludes halogenated alkanes) is 4. The number of Topliss-reactive ketones (excluding diaryl/α,β-unsaturated/α-hetero) is 1. The molecule has 2 aromatic heterocycles. The van der Waals surface area contributed by atoms with Gasteiger partial charge in [0.05, 0.1) is 28.3 Å². The number of aromatic nitrogens is 4. The Bertz CT molecular complexity index is 1170. The lowest BCUT2D eigenvalue weighted by Crippen LogP contribution is -2.05. The molecule has 0 atom stereocenters. The number of rotatable bonds is 7. The zero-order valence-electron chi connectivity index (χ0n) is 17.4. The van der Waals surface area contributed by atoms with Crippen molar-refractivity contribution in [3.05, 3.63) is 69.6 Å². The van der Waals surface area contributed by atoms with Crippen molar-refractivity contribution < 1.29 is 4.79 Å². The molecule has 4 rings (SSSR count). The molecule has 4 aromatic rings. The van der Waals surface area contributed by atoms with E-state index in [1.807, 2.05) is 48.5 Å². The minimum atomic E-state index is 0. The highest BCUT2D eigenvalue weighted by Gasteiger charge is 2.14. The third-order valence-corrected chi connectivity index (χ3v) is 5.65. The molecule has 0 spiro atoms. The summed E-state index contributed by atoms with van der Waals surface area (Å²) in [6, 6.07) is 15.4. The van der Waals surface area contributed by atoms with Crippen LogP contribution in [0.3, 0.4) is 0 Å². The van der Waals surface area contributed by atoms with Crippen molar-refractivity contribution in [2.45, 2.75) is 60.3 Å². The van der Waals surface area contributed by atoms with E-state index in [2.05, 4.69) is 58.7 Å². The number of hydrogen-bond acceptors (Lipinski definition) is 5. The van der Waals surface area contributed by atoms with Crippen molar-refractivity contribution in [3.63, 3.8) is 0 Å². The van der Waals surface area contributed by atoms with Crippen molar-refractivity contribution in [2.24, 2.45) is 0 Å². The van der Waals surface area contributed by atoms with Crippen LogP contribution in [0, 0.1) is 0 Å². The van der Waals surface area contributed by atoms with Crippen LogP contribution in [0.25, 0.3) is 22.1 Å². The highest BCUT2D eigenvalue weighted by atomic mass is 79.9. The Morgan fingerprint density at radius 2 is 1.30 bits per heavy atom. The molecule has 0 amide bonds. The number of hydrogen-bond donors (Lipinski definition) is 0. The summed E-state index contributed by atoms with van der Waals surface area (Å²) >= 11 is 6.62. The van der Waals surface area contributed by atoms with Gasteiger partial charge in [-0.3, -0.25) is 9.78 Å². The van der Waals surface area contributed by atoms with Gasteiger partial charge in [-0.1, -0.05) is 71.7 Å². The molecule has 2 aromatic carbocycles. The highest BCUT2D eigenvalue weighted by molar-refractivity contribution is 9.10. The second-order valence-electron chi connectivity index (χ2n) is 7.12. The van der Waals surface area contributed by atoms with Crippen LogP contribution < -0.4 is 0 Å². The van der Waals surface area contributed by atoms with Crippen molar-refractivity contribution in [2.75, 3.05) is 0 Å². The molecule has 0 saturated heterocycles. The first-order valence-electron chi connectivity index (χ1n) is 10.4. The molecular formula is C26H32Br2N4O. The van der Waals surface area contributed by atoms with Gasteiger partial charge in [-0.15, -0.1) is 0 Å². The SMILES string of the molecule is Brc1cnc2ccccc2n1.C.C.CCCCCCCC(=O)c1nc2ccccc2nc1Br. The van der Waals surface area contributed by atoms with Gasteiger partial charge in [0, 0.05) is 6.42 Å². The van der Waals surface area contributed by atoms with E-state index in [0.29, 0.717) is 16.7 Å². The molecule has 0 fully saturated rings. The molecule has 0 bridgehead atoms. The summed E-state index contributed by atoms with van der Waals surface area (Å²) in [5.41, 5.74) is 3.88. The molecule has 0 radical (unpaired) electrons. The molecule has 0 saturated carbocycles. The van der Waals surface area contributed by atoms with Crippen molar-refractivity contribution in [1.82, 2.24) is 19.9 Å². The third-order valence-electron chi connectivity index (χ3n) is 4.72. The van der Waals surface area contributed by atoms with E-state index in [9.17, 15) is 4.79 Å². The third kappa shape index (κ3) is 8.55. The first-order chi connectivity index (χ1) is 15.1. The summed E-state index contributed by atoms with van der Waals surface area (Å²) in [6.45, 7) is 2.19. The van der Waals surface area contributed by atoms with Crippen LogP contribution in [0.5, 0.6) is 0 Å². The number of halogens is 2. The molecule has 176 valence electrons. The molecule has 0 unspecified atom stereocenters. The number of carbonyl (C=O) groups excluding carboxylic acids is 1. The fourth-order valence-electron chi connectivity index (χ4n) is 3.10. The van der Waals surface area contributed by atoms with Crippen molar-refractivity contribution >= 4 is 59.7 Å². The molecule has 2 heterocycles. The van der Waals surface area contributed by atoms with Gasteiger partial charge in [0.15, 0.2) is 5.78 Å². The van der Waals surface area contributed by atoms with Gasteiger partial charge in [0.25, 0.3) is 0 Å². The van der Waals surface area contributed by atoms with Gasteiger partial charge < -0.3 is 0 Å². The number of fused-ring (bicyclic) bond motifs is 2. The Balaban J connectivity index is 0.000000357. The number of ketones is 1. The minimum Gasteiger partial charge on any atom is -0.292 e. The molecule has 33 heavy (non-hydrogen) atoms. The molecule has 0 aliphatic rings. The zero-order chi connectivity index (χ0) is 22.1. The highest BCUT2D eigenvalue weighted by Crippen LogP contribution is 2.20. The number of nitrogens with zero attached hydrogens (tertiary/aromatic N) is 4. The summed E-state index contributed by atoms with van der Waals surface area (Å²) < 4.78 is 1.32. The van der Waals surface area contributed by atoms with Crippen LogP contribution in [0.15, 0.2) is 63.9 Å². The van der Waals surface area contributed by atoms with Crippen LogP contribution in [-0.4, -0.2) is 25.7 Å². The van der Waals surface area contributed by atoms with Gasteiger partial charge in [-0.2, -0.15) is 0 Å². The average Bonchev–Trinajstić information content (AvgIpc) is 2.78. The Morgan fingerprint density at radius 1 is 0.758 bits per heavy atom. The van der Waals surface area contributed by atoms with Gasteiger partial charge in [-0.05, 0) is 62.5 Å². The topological polar surface area (TPSA) is 68.6 Å². The monoisotopic (exact) mass is 574 g/mol. The zero-order valence-corrected chi connectivity index (χ0v) is 20.6. The smallest absolute Gasteiger partial charge is 0.183 e. The Labute approximate surface area is 213 Å². The van der Waals surface area contributed by atoms with Crippen LogP contribution in [0.1, 0.15) is 70.8 Å². The maximum absolute atomic E-state index is 12.2. The first kappa shape index (κ1) is 28.8. The Hall–Kier alpha value is -2.25. The maximum Gasteiger partial charge on any atom is 0.183 e. The van der Waals surface area contributed by atoms with Gasteiger partial charge in [0.1, 0.15) is 14.9 Å². The number of para-hydroxylation sites is 4. The van der Waals surface area contributed by atoms with E-state index in [1.54, 1.807) is 6.20 Å². The lowest BCUT2D eigenvalue weighted by atomic mass is 10.1. The number of benzene rings is 2. The van der Waals surface area contributed by atoms with E-state index in [1.165, 1.54) is 19.3 Å².